The molecule has 3 heterocycles. The molecule has 1 aliphatic rings. The average Bonchev–Trinajstić information content (AvgIpc) is 3.79. The van der Waals surface area contributed by atoms with Crippen molar-refractivity contribution in [3.63, 3.8) is 0 Å². The Hall–Kier alpha value is -3.38. The lowest BCUT2D eigenvalue weighted by Gasteiger charge is -2.11. The van der Waals surface area contributed by atoms with Crippen LogP contribution in [0.25, 0.3) is 22.0 Å². The number of phenolic OH excluding ortho intramolecular Hbond substituents is 1. The van der Waals surface area contributed by atoms with Gasteiger partial charge in [0.1, 0.15) is 11.4 Å². The third-order valence-electron chi connectivity index (χ3n) is 9.05. The standard InChI is InChI=1S/C35H40ClN5O4S2/c1-20-31-29(41(12-7-13-42)34(20)35(44)45-5)11-10-27(36)33(31)32-21(2)39(3)38-28(32)19-46-17-23-15-24(40(4)37-23)18-47-30-16-25(43)14-22-8-6-9-26(22)30/h10-11,14-16,42-43H,6-9,12-13,17-19H2,1-5H3. The van der Waals surface area contributed by atoms with Crippen molar-refractivity contribution in [2.45, 2.75) is 68.2 Å². The average molecular weight is 694 g/mol. The molecular formula is C35H40ClN5O4S2. The molecule has 248 valence electrons. The van der Waals surface area contributed by atoms with Gasteiger partial charge in [0.2, 0.25) is 0 Å². The van der Waals surface area contributed by atoms with Crippen molar-refractivity contribution < 1.29 is 19.7 Å². The number of esters is 1. The number of rotatable bonds is 12. The molecule has 2 N–H and O–H groups in total. The molecule has 3 aromatic heterocycles. The van der Waals surface area contributed by atoms with Crippen LogP contribution in [0, 0.1) is 13.8 Å². The maximum absolute atomic E-state index is 13.0. The highest BCUT2D eigenvalue weighted by Crippen LogP contribution is 2.43. The van der Waals surface area contributed by atoms with Crippen molar-refractivity contribution in [2.24, 2.45) is 14.1 Å². The summed E-state index contributed by atoms with van der Waals surface area (Å²) in [5, 5.41) is 31.0. The highest BCUT2D eigenvalue weighted by atomic mass is 35.5. The zero-order valence-electron chi connectivity index (χ0n) is 27.4. The SMILES string of the molecule is COC(=O)c1c(C)c2c(-c3c(CSCc4cc(CSc5cc(O)cc6c5CCC6)n(C)n4)nn(C)c3C)c(Cl)ccc2n1CCCO. The van der Waals surface area contributed by atoms with Crippen LogP contribution in [-0.2, 0) is 55.5 Å². The Bertz CT molecular complexity index is 1980. The summed E-state index contributed by atoms with van der Waals surface area (Å²) in [6, 6.07) is 9.77. The molecular weight excluding hydrogens is 654 g/mol. The number of methoxy groups -OCH3 is 1. The van der Waals surface area contributed by atoms with Gasteiger partial charge in [0.15, 0.2) is 0 Å². The van der Waals surface area contributed by atoms with Crippen LogP contribution in [0.1, 0.15) is 62.8 Å². The molecule has 6 rings (SSSR count). The molecule has 0 radical (unpaired) electrons. The molecule has 5 aromatic rings. The van der Waals surface area contributed by atoms with E-state index in [0.717, 1.165) is 81.1 Å². The molecule has 47 heavy (non-hydrogen) atoms. The second kappa shape index (κ2) is 14.0. The van der Waals surface area contributed by atoms with Gasteiger partial charge in [-0.3, -0.25) is 9.36 Å². The van der Waals surface area contributed by atoms with Crippen LogP contribution in [0.3, 0.4) is 0 Å². The van der Waals surface area contributed by atoms with Crippen molar-refractivity contribution in [1.82, 2.24) is 24.1 Å². The number of aromatic nitrogens is 5. The van der Waals surface area contributed by atoms with Gasteiger partial charge in [0.25, 0.3) is 0 Å². The van der Waals surface area contributed by atoms with E-state index in [9.17, 15) is 15.0 Å². The van der Waals surface area contributed by atoms with E-state index in [1.807, 2.05) is 66.1 Å². The van der Waals surface area contributed by atoms with Crippen molar-refractivity contribution in [2.75, 3.05) is 13.7 Å². The van der Waals surface area contributed by atoms with Gasteiger partial charge in [0, 0.05) is 87.8 Å². The highest BCUT2D eigenvalue weighted by Gasteiger charge is 2.27. The van der Waals surface area contributed by atoms with Gasteiger partial charge in [-0.05, 0) is 86.6 Å². The van der Waals surface area contributed by atoms with Gasteiger partial charge < -0.3 is 19.5 Å². The third kappa shape index (κ3) is 6.42. The maximum atomic E-state index is 13.0. The number of benzene rings is 2. The first kappa shape index (κ1) is 33.5. The summed E-state index contributed by atoms with van der Waals surface area (Å²) in [7, 11) is 5.30. The van der Waals surface area contributed by atoms with E-state index in [4.69, 9.17) is 26.5 Å². The Balaban J connectivity index is 1.25. The highest BCUT2D eigenvalue weighted by molar-refractivity contribution is 7.98. The van der Waals surface area contributed by atoms with Crippen molar-refractivity contribution in [3.05, 3.63) is 80.5 Å². The summed E-state index contributed by atoms with van der Waals surface area (Å²) in [4.78, 5) is 14.1. The molecule has 0 spiro atoms. The lowest BCUT2D eigenvalue weighted by atomic mass is 9.97. The van der Waals surface area contributed by atoms with Crippen LogP contribution in [0.5, 0.6) is 5.75 Å². The maximum Gasteiger partial charge on any atom is 0.354 e. The topological polar surface area (TPSA) is 107 Å². The van der Waals surface area contributed by atoms with E-state index in [2.05, 4.69) is 6.07 Å². The van der Waals surface area contributed by atoms with Crippen molar-refractivity contribution in [1.29, 1.82) is 0 Å². The zero-order valence-corrected chi connectivity index (χ0v) is 29.8. The molecule has 0 atom stereocenters. The third-order valence-corrected chi connectivity index (χ3v) is 11.5. The number of nitrogens with zero attached hydrogens (tertiary/aromatic N) is 5. The summed E-state index contributed by atoms with van der Waals surface area (Å²) in [6.07, 6.45) is 3.75. The molecule has 1 aliphatic carbocycles. The normalized spacial score (nSPS) is 12.7. The monoisotopic (exact) mass is 693 g/mol. The van der Waals surface area contributed by atoms with Crippen LogP contribution < -0.4 is 0 Å². The van der Waals surface area contributed by atoms with Crippen LogP contribution in [0.15, 0.2) is 35.2 Å². The van der Waals surface area contributed by atoms with Crippen LogP contribution in [-0.4, -0.2) is 54.0 Å². The molecule has 0 saturated heterocycles. The fraction of sp³-hybridized carbons (Fsp3) is 0.400. The van der Waals surface area contributed by atoms with E-state index >= 15 is 0 Å². The Morgan fingerprint density at radius 2 is 1.85 bits per heavy atom. The van der Waals surface area contributed by atoms with E-state index in [0.29, 0.717) is 35.2 Å². The molecule has 0 amide bonds. The molecule has 0 bridgehead atoms. The number of aromatic hydroxyl groups is 1. The molecule has 12 heteroatoms. The number of phenols is 1. The van der Waals surface area contributed by atoms with Crippen LogP contribution >= 0.6 is 35.1 Å². The Morgan fingerprint density at radius 3 is 2.62 bits per heavy atom. The second-order valence-corrected chi connectivity index (χ2v) is 14.4. The number of thioether (sulfide) groups is 2. The van der Waals surface area contributed by atoms with Gasteiger partial charge in [0.05, 0.1) is 18.5 Å². The summed E-state index contributed by atoms with van der Waals surface area (Å²) < 4.78 is 10.9. The van der Waals surface area contributed by atoms with E-state index in [1.165, 1.54) is 23.1 Å². The van der Waals surface area contributed by atoms with Gasteiger partial charge in [-0.25, -0.2) is 4.79 Å². The van der Waals surface area contributed by atoms with Gasteiger partial charge in [-0.1, -0.05) is 11.6 Å². The fourth-order valence-corrected chi connectivity index (χ4v) is 9.02. The first-order valence-corrected chi connectivity index (χ1v) is 18.2. The number of halogens is 1. The number of carbonyl (C=O) groups excluding carboxylic acids is 1. The van der Waals surface area contributed by atoms with Gasteiger partial charge in [-0.2, -0.15) is 10.2 Å². The number of aliphatic hydroxyl groups excluding tert-OH is 1. The predicted octanol–water partition coefficient (Wildman–Crippen LogP) is 7.13. The molecule has 0 unspecified atom stereocenters. The van der Waals surface area contributed by atoms with E-state index in [-0.39, 0.29) is 6.61 Å². The number of aliphatic hydroxyl groups is 1. The number of ether oxygens (including phenoxy) is 1. The fourth-order valence-electron chi connectivity index (χ4n) is 6.74. The summed E-state index contributed by atoms with van der Waals surface area (Å²) in [5.74, 6) is 2.07. The quantitative estimate of drug-likeness (QED) is 0.105. The second-order valence-electron chi connectivity index (χ2n) is 12.0. The minimum Gasteiger partial charge on any atom is -0.508 e. The van der Waals surface area contributed by atoms with Gasteiger partial charge >= 0.3 is 5.97 Å². The predicted molar refractivity (Wildman–Crippen MR) is 190 cm³/mol. The minimum atomic E-state index is -0.420. The molecule has 0 fully saturated rings. The Morgan fingerprint density at radius 1 is 1.04 bits per heavy atom. The first-order chi connectivity index (χ1) is 22.6. The Kier molecular flexibility index (Phi) is 9.98. The minimum absolute atomic E-state index is 0.0127. The first-order valence-electron chi connectivity index (χ1n) is 15.7. The van der Waals surface area contributed by atoms with Crippen molar-refractivity contribution >= 4 is 52.0 Å². The number of hydrogen-bond acceptors (Lipinski definition) is 8. The Labute approximate surface area is 288 Å². The van der Waals surface area contributed by atoms with E-state index in [1.54, 1.807) is 23.5 Å². The van der Waals surface area contributed by atoms with Crippen LogP contribution in [0.4, 0.5) is 0 Å². The molecule has 9 nitrogen and oxygen atoms in total. The van der Waals surface area contributed by atoms with Gasteiger partial charge in [-0.15, -0.1) is 23.5 Å². The smallest absolute Gasteiger partial charge is 0.354 e. The van der Waals surface area contributed by atoms with Crippen molar-refractivity contribution in [3.8, 4) is 16.9 Å². The number of fused-ring (bicyclic) bond motifs is 2. The van der Waals surface area contributed by atoms with Crippen LogP contribution in [0.2, 0.25) is 5.02 Å². The summed E-state index contributed by atoms with van der Waals surface area (Å²) >= 11 is 10.5. The lowest BCUT2D eigenvalue weighted by Crippen LogP contribution is -2.12. The van der Waals surface area contributed by atoms with E-state index < -0.39 is 5.97 Å². The summed E-state index contributed by atoms with van der Waals surface area (Å²) in [6.45, 7) is 4.45. The lowest BCUT2D eigenvalue weighted by molar-refractivity contribution is 0.0587. The molecule has 2 aromatic carbocycles. The summed E-state index contributed by atoms with van der Waals surface area (Å²) in [5.41, 5.74) is 10.6. The molecule has 0 saturated carbocycles. The zero-order chi connectivity index (χ0) is 33.4. The number of carbonyl (C=O) groups is 1. The number of hydrogen-bond donors (Lipinski definition) is 2. The molecule has 0 aliphatic heterocycles. The number of aryl methyl sites for hydroxylation is 5. The largest absolute Gasteiger partial charge is 0.508 e.